The number of aromatic nitrogens is 1. The lowest BCUT2D eigenvalue weighted by Crippen LogP contribution is -2.24. The van der Waals surface area contributed by atoms with Gasteiger partial charge in [0.1, 0.15) is 5.15 Å². The Morgan fingerprint density at radius 2 is 2.27 bits per heavy atom. The Labute approximate surface area is 95.8 Å². The van der Waals surface area contributed by atoms with Gasteiger partial charge in [0.2, 0.25) is 0 Å². The van der Waals surface area contributed by atoms with Crippen molar-refractivity contribution in [3.05, 3.63) is 23.0 Å². The first-order chi connectivity index (χ1) is 7.17. The van der Waals surface area contributed by atoms with Gasteiger partial charge in [-0.1, -0.05) is 18.5 Å². The number of halogens is 1. The number of ether oxygens (including phenoxy) is 1. The third-order valence-electron chi connectivity index (χ3n) is 2.27. The van der Waals surface area contributed by atoms with Crippen LogP contribution < -0.4 is 5.32 Å². The van der Waals surface area contributed by atoms with E-state index in [2.05, 4.69) is 17.2 Å². The van der Waals surface area contributed by atoms with Crippen molar-refractivity contribution in [1.82, 2.24) is 4.98 Å². The lowest BCUT2D eigenvalue weighted by atomic mass is 10.2. The number of methoxy groups -OCH3 is 1. The largest absolute Gasteiger partial charge is 0.383 e. The van der Waals surface area contributed by atoms with E-state index in [0.717, 1.165) is 17.8 Å². The van der Waals surface area contributed by atoms with E-state index < -0.39 is 0 Å². The highest BCUT2D eigenvalue weighted by molar-refractivity contribution is 6.29. The Bertz CT molecular complexity index is 317. The lowest BCUT2D eigenvalue weighted by Gasteiger charge is -2.18. The Morgan fingerprint density at radius 1 is 1.53 bits per heavy atom. The van der Waals surface area contributed by atoms with Crippen molar-refractivity contribution in [2.24, 2.45) is 0 Å². The molecule has 0 saturated carbocycles. The fourth-order valence-electron chi connectivity index (χ4n) is 1.37. The maximum atomic E-state index is 5.78. The average molecular weight is 229 g/mol. The summed E-state index contributed by atoms with van der Waals surface area (Å²) in [4.78, 5) is 4.18. The van der Waals surface area contributed by atoms with Crippen molar-refractivity contribution in [3.63, 3.8) is 0 Å². The monoisotopic (exact) mass is 228 g/mol. The molecule has 15 heavy (non-hydrogen) atoms. The fraction of sp³-hybridized carbons (Fsp3) is 0.545. The van der Waals surface area contributed by atoms with Crippen molar-refractivity contribution in [2.45, 2.75) is 26.3 Å². The molecule has 84 valence electrons. The molecule has 1 aromatic heterocycles. The van der Waals surface area contributed by atoms with E-state index in [-0.39, 0.29) is 0 Å². The van der Waals surface area contributed by atoms with Gasteiger partial charge in [-0.15, -0.1) is 0 Å². The summed E-state index contributed by atoms with van der Waals surface area (Å²) in [7, 11) is 1.71. The van der Waals surface area contributed by atoms with Crippen LogP contribution in [0.15, 0.2) is 12.1 Å². The summed E-state index contributed by atoms with van der Waals surface area (Å²) in [5, 5.41) is 3.90. The highest BCUT2D eigenvalue weighted by Crippen LogP contribution is 2.17. The number of aryl methyl sites for hydroxylation is 1. The summed E-state index contributed by atoms with van der Waals surface area (Å²) in [6.45, 7) is 4.75. The Hall–Kier alpha value is -0.800. The minimum atomic E-state index is 0.316. The van der Waals surface area contributed by atoms with E-state index in [1.54, 1.807) is 13.2 Å². The van der Waals surface area contributed by atoms with Crippen LogP contribution in [0.5, 0.6) is 0 Å². The van der Waals surface area contributed by atoms with Crippen LogP contribution in [0.25, 0.3) is 0 Å². The van der Waals surface area contributed by atoms with Gasteiger partial charge in [-0.3, -0.25) is 0 Å². The molecule has 0 aliphatic rings. The summed E-state index contributed by atoms with van der Waals surface area (Å²) in [6, 6.07) is 4.05. The zero-order valence-electron chi connectivity index (χ0n) is 9.38. The van der Waals surface area contributed by atoms with Crippen molar-refractivity contribution >= 4 is 17.3 Å². The summed E-state index contributed by atoms with van der Waals surface area (Å²) >= 11 is 5.78. The number of hydrogen-bond acceptors (Lipinski definition) is 3. The van der Waals surface area contributed by atoms with Gasteiger partial charge in [-0.25, -0.2) is 4.98 Å². The lowest BCUT2D eigenvalue weighted by molar-refractivity contribution is 0.184. The van der Waals surface area contributed by atoms with Crippen LogP contribution in [0.1, 0.15) is 19.0 Å². The van der Waals surface area contributed by atoms with Gasteiger partial charge < -0.3 is 10.1 Å². The maximum Gasteiger partial charge on any atom is 0.129 e. The molecule has 1 aromatic rings. The van der Waals surface area contributed by atoms with Gasteiger partial charge in [-0.05, 0) is 25.5 Å². The van der Waals surface area contributed by atoms with Gasteiger partial charge >= 0.3 is 0 Å². The second kappa shape index (κ2) is 5.93. The fourth-order valence-corrected chi connectivity index (χ4v) is 1.56. The highest BCUT2D eigenvalue weighted by atomic mass is 35.5. The van der Waals surface area contributed by atoms with Crippen LogP contribution in [0.4, 0.5) is 5.69 Å². The van der Waals surface area contributed by atoms with Gasteiger partial charge in [0.25, 0.3) is 0 Å². The van der Waals surface area contributed by atoms with Gasteiger partial charge in [-0.2, -0.15) is 0 Å². The summed E-state index contributed by atoms with van der Waals surface area (Å²) in [5.74, 6) is 0. The number of anilines is 1. The van der Waals surface area contributed by atoms with E-state index >= 15 is 0 Å². The molecule has 0 saturated heterocycles. The predicted octanol–water partition coefficient (Wildman–Crippen LogP) is 2.88. The van der Waals surface area contributed by atoms with Crippen LogP contribution in [0.3, 0.4) is 0 Å². The maximum absolute atomic E-state index is 5.78. The topological polar surface area (TPSA) is 34.1 Å². The van der Waals surface area contributed by atoms with Crippen molar-refractivity contribution in [3.8, 4) is 0 Å². The molecule has 1 atom stereocenters. The molecule has 1 unspecified atom stereocenters. The SMILES string of the molecule is CCC(COC)Nc1ccc(Cl)nc1C. The molecule has 0 fully saturated rings. The molecule has 0 aliphatic heterocycles. The minimum Gasteiger partial charge on any atom is -0.383 e. The molecule has 0 amide bonds. The normalized spacial score (nSPS) is 12.5. The van der Waals surface area contributed by atoms with Gasteiger partial charge in [0, 0.05) is 13.2 Å². The molecule has 0 bridgehead atoms. The van der Waals surface area contributed by atoms with Gasteiger partial charge in [0.05, 0.1) is 18.0 Å². The first kappa shape index (κ1) is 12.3. The van der Waals surface area contributed by atoms with E-state index in [4.69, 9.17) is 16.3 Å². The minimum absolute atomic E-state index is 0.316. The Balaban J connectivity index is 2.70. The molecule has 4 heteroatoms. The van der Waals surface area contributed by atoms with E-state index in [1.807, 2.05) is 13.0 Å². The van der Waals surface area contributed by atoms with Crippen LogP contribution >= 0.6 is 11.6 Å². The van der Waals surface area contributed by atoms with Crippen LogP contribution in [-0.4, -0.2) is 24.7 Å². The summed E-state index contributed by atoms with van der Waals surface area (Å²) in [5.41, 5.74) is 1.93. The molecule has 0 radical (unpaired) electrons. The number of rotatable bonds is 5. The molecule has 3 nitrogen and oxygen atoms in total. The number of hydrogen-bond donors (Lipinski definition) is 1. The standard InChI is InChI=1S/C11H17ClN2O/c1-4-9(7-15-3)14-10-5-6-11(12)13-8(10)2/h5-6,9,14H,4,7H2,1-3H3. The molecule has 1 rings (SSSR count). The van der Waals surface area contributed by atoms with Crippen molar-refractivity contribution < 1.29 is 4.74 Å². The molecule has 0 aliphatic carbocycles. The van der Waals surface area contributed by atoms with Gasteiger partial charge in [0.15, 0.2) is 0 Å². The second-order valence-corrected chi connectivity index (χ2v) is 3.86. The average Bonchev–Trinajstić information content (AvgIpc) is 2.21. The Kier molecular flexibility index (Phi) is 4.85. The van der Waals surface area contributed by atoms with Crippen molar-refractivity contribution in [2.75, 3.05) is 19.0 Å². The molecule has 1 heterocycles. The molecular weight excluding hydrogens is 212 g/mol. The Morgan fingerprint density at radius 3 is 2.80 bits per heavy atom. The van der Waals surface area contributed by atoms with E-state index in [9.17, 15) is 0 Å². The summed E-state index contributed by atoms with van der Waals surface area (Å²) in [6.07, 6.45) is 1.01. The second-order valence-electron chi connectivity index (χ2n) is 3.47. The molecular formula is C11H17ClN2O. The van der Waals surface area contributed by atoms with Crippen LogP contribution in [0, 0.1) is 6.92 Å². The third kappa shape index (κ3) is 3.68. The molecule has 0 spiro atoms. The zero-order chi connectivity index (χ0) is 11.3. The first-order valence-corrected chi connectivity index (χ1v) is 5.43. The van der Waals surface area contributed by atoms with Crippen LogP contribution in [0.2, 0.25) is 5.15 Å². The number of pyridine rings is 1. The van der Waals surface area contributed by atoms with Crippen molar-refractivity contribution in [1.29, 1.82) is 0 Å². The molecule has 1 N–H and O–H groups in total. The number of nitrogens with zero attached hydrogens (tertiary/aromatic N) is 1. The quantitative estimate of drug-likeness (QED) is 0.787. The predicted molar refractivity (Wildman–Crippen MR) is 63.6 cm³/mol. The van der Waals surface area contributed by atoms with E-state index in [0.29, 0.717) is 17.8 Å². The summed E-state index contributed by atoms with van der Waals surface area (Å²) < 4.78 is 5.12. The highest BCUT2D eigenvalue weighted by Gasteiger charge is 2.07. The van der Waals surface area contributed by atoms with E-state index in [1.165, 1.54) is 0 Å². The zero-order valence-corrected chi connectivity index (χ0v) is 10.1. The first-order valence-electron chi connectivity index (χ1n) is 5.06. The van der Waals surface area contributed by atoms with Crippen LogP contribution in [-0.2, 0) is 4.74 Å². The number of nitrogens with one attached hydrogen (secondary N) is 1. The third-order valence-corrected chi connectivity index (χ3v) is 2.48. The molecule has 0 aromatic carbocycles. The smallest absolute Gasteiger partial charge is 0.129 e.